The van der Waals surface area contributed by atoms with E-state index < -0.39 is 23.7 Å². The molecule has 1 aliphatic rings. The zero-order valence-corrected chi connectivity index (χ0v) is 11.6. The first kappa shape index (κ1) is 16.4. The molecule has 0 radical (unpaired) electrons. The van der Waals surface area contributed by atoms with E-state index in [1.54, 1.807) is 5.32 Å². The van der Waals surface area contributed by atoms with Gasteiger partial charge in [-0.3, -0.25) is 9.59 Å². The van der Waals surface area contributed by atoms with E-state index in [1.807, 2.05) is 0 Å². The standard InChI is InChI=1S/C11H14BrF4NO2/c12-5-7(18)10(3-1-2-4-10)6-17-9(19)11(15,16)8(13)14/h8H,1-6H2,(H,17,19). The summed E-state index contributed by atoms with van der Waals surface area (Å²) in [4.78, 5) is 22.9. The monoisotopic (exact) mass is 347 g/mol. The van der Waals surface area contributed by atoms with Gasteiger partial charge in [-0.15, -0.1) is 0 Å². The molecule has 0 aromatic rings. The van der Waals surface area contributed by atoms with Gasteiger partial charge in [0.25, 0.3) is 5.91 Å². The molecule has 3 nitrogen and oxygen atoms in total. The predicted octanol–water partition coefficient (Wildman–Crippen LogP) is 2.53. The fourth-order valence-corrected chi connectivity index (χ4v) is 2.81. The maximum Gasteiger partial charge on any atom is 0.383 e. The summed E-state index contributed by atoms with van der Waals surface area (Å²) < 4.78 is 49.5. The van der Waals surface area contributed by atoms with Crippen molar-refractivity contribution in [1.29, 1.82) is 0 Å². The molecule has 1 saturated carbocycles. The number of rotatable bonds is 6. The second kappa shape index (κ2) is 6.19. The molecule has 0 atom stereocenters. The molecule has 1 rings (SSSR count). The van der Waals surface area contributed by atoms with Gasteiger partial charge in [0.15, 0.2) is 5.78 Å². The van der Waals surface area contributed by atoms with Crippen LogP contribution in [-0.4, -0.2) is 35.9 Å². The van der Waals surface area contributed by atoms with Crippen molar-refractivity contribution in [3.05, 3.63) is 0 Å². The Bertz CT molecular complexity index is 357. The molecule has 8 heteroatoms. The van der Waals surface area contributed by atoms with Crippen LogP contribution in [0.25, 0.3) is 0 Å². The molecule has 0 bridgehead atoms. The molecule has 19 heavy (non-hydrogen) atoms. The van der Waals surface area contributed by atoms with Gasteiger partial charge in [-0.05, 0) is 12.8 Å². The average Bonchev–Trinajstić information content (AvgIpc) is 2.84. The molecular formula is C11H14BrF4NO2. The van der Waals surface area contributed by atoms with Crippen LogP contribution in [0.5, 0.6) is 0 Å². The summed E-state index contributed by atoms with van der Waals surface area (Å²) in [5.41, 5.74) is -0.905. The number of carbonyl (C=O) groups is 2. The molecule has 110 valence electrons. The first-order valence-corrected chi connectivity index (χ1v) is 6.92. The van der Waals surface area contributed by atoms with Gasteiger partial charge in [0.2, 0.25) is 0 Å². The SMILES string of the molecule is O=C(CBr)C1(CNC(=O)C(F)(F)C(F)F)CCCC1. The summed E-state index contributed by atoms with van der Waals surface area (Å²) >= 11 is 3.00. The third kappa shape index (κ3) is 3.46. The van der Waals surface area contributed by atoms with Gasteiger partial charge in [-0.1, -0.05) is 28.8 Å². The number of nitrogens with one attached hydrogen (secondary N) is 1. The summed E-state index contributed by atoms with van der Waals surface area (Å²) in [6, 6.07) is 0. The van der Waals surface area contributed by atoms with Gasteiger partial charge in [-0.25, -0.2) is 8.78 Å². The van der Waals surface area contributed by atoms with Crippen LogP contribution in [-0.2, 0) is 9.59 Å². The number of amides is 1. The van der Waals surface area contributed by atoms with Gasteiger partial charge in [-0.2, -0.15) is 8.78 Å². The fourth-order valence-electron chi connectivity index (χ4n) is 2.21. The van der Waals surface area contributed by atoms with E-state index >= 15 is 0 Å². The highest BCUT2D eigenvalue weighted by atomic mass is 79.9. The lowest BCUT2D eigenvalue weighted by molar-refractivity contribution is -0.169. The molecule has 0 spiro atoms. The lowest BCUT2D eigenvalue weighted by atomic mass is 9.82. The van der Waals surface area contributed by atoms with Crippen LogP contribution in [0.4, 0.5) is 17.6 Å². The Balaban J connectivity index is 2.68. The van der Waals surface area contributed by atoms with Gasteiger partial charge in [0.05, 0.1) is 5.33 Å². The van der Waals surface area contributed by atoms with Crippen molar-refractivity contribution in [2.75, 3.05) is 11.9 Å². The number of alkyl halides is 5. The molecular weight excluding hydrogens is 334 g/mol. The summed E-state index contributed by atoms with van der Waals surface area (Å²) in [7, 11) is 0. The number of hydrogen-bond acceptors (Lipinski definition) is 2. The summed E-state index contributed by atoms with van der Waals surface area (Å²) in [6.45, 7) is -0.321. The van der Waals surface area contributed by atoms with Crippen LogP contribution in [0.1, 0.15) is 25.7 Å². The number of halogens is 5. The van der Waals surface area contributed by atoms with Gasteiger partial charge >= 0.3 is 12.3 Å². The van der Waals surface area contributed by atoms with E-state index in [2.05, 4.69) is 15.9 Å². The van der Waals surface area contributed by atoms with Gasteiger partial charge in [0, 0.05) is 12.0 Å². The zero-order valence-electron chi connectivity index (χ0n) is 10.0. The molecule has 1 fully saturated rings. The lowest BCUT2D eigenvalue weighted by Crippen LogP contribution is -2.50. The van der Waals surface area contributed by atoms with E-state index in [1.165, 1.54) is 0 Å². The van der Waals surface area contributed by atoms with Crippen LogP contribution in [0.2, 0.25) is 0 Å². The Hall–Kier alpha value is -0.660. The van der Waals surface area contributed by atoms with E-state index in [0.717, 1.165) is 12.8 Å². The highest BCUT2D eigenvalue weighted by molar-refractivity contribution is 9.09. The Morgan fingerprint density at radius 3 is 2.21 bits per heavy atom. The third-order valence-electron chi connectivity index (χ3n) is 3.44. The first-order valence-electron chi connectivity index (χ1n) is 5.80. The summed E-state index contributed by atoms with van der Waals surface area (Å²) in [5, 5.41) is 1.84. The normalized spacial score (nSPS) is 18.6. The Kier molecular flexibility index (Phi) is 5.34. The number of hydrogen-bond donors (Lipinski definition) is 1. The molecule has 1 amide bonds. The maximum absolute atomic E-state index is 12.8. The van der Waals surface area contributed by atoms with Crippen LogP contribution in [0, 0.1) is 5.41 Å². The quantitative estimate of drug-likeness (QED) is 0.592. The van der Waals surface area contributed by atoms with Gasteiger partial charge in [0.1, 0.15) is 0 Å². The van der Waals surface area contributed by atoms with Gasteiger partial charge < -0.3 is 5.32 Å². The van der Waals surface area contributed by atoms with Crippen LogP contribution >= 0.6 is 15.9 Å². The fraction of sp³-hybridized carbons (Fsp3) is 0.818. The molecule has 0 aromatic heterocycles. The molecule has 1 aliphatic carbocycles. The molecule has 0 aliphatic heterocycles. The highest BCUT2D eigenvalue weighted by Gasteiger charge is 2.50. The van der Waals surface area contributed by atoms with Crippen molar-refractivity contribution in [3.8, 4) is 0 Å². The Morgan fingerprint density at radius 1 is 1.26 bits per heavy atom. The number of ketones is 1. The minimum absolute atomic E-state index is 0.0497. The molecule has 0 aromatic carbocycles. The topological polar surface area (TPSA) is 46.2 Å². The van der Waals surface area contributed by atoms with Crippen LogP contribution < -0.4 is 5.32 Å². The third-order valence-corrected chi connectivity index (χ3v) is 3.95. The second-order valence-corrected chi connectivity index (χ2v) is 5.21. The van der Waals surface area contributed by atoms with Crippen molar-refractivity contribution in [2.45, 2.75) is 38.0 Å². The highest BCUT2D eigenvalue weighted by Crippen LogP contribution is 2.39. The van der Waals surface area contributed by atoms with E-state index in [4.69, 9.17) is 0 Å². The second-order valence-electron chi connectivity index (χ2n) is 4.65. The summed E-state index contributed by atoms with van der Waals surface area (Å²) in [5.74, 6) is -6.96. The minimum atomic E-state index is -4.72. The smallest absolute Gasteiger partial charge is 0.350 e. The molecule has 1 N–H and O–H groups in total. The van der Waals surface area contributed by atoms with Crippen molar-refractivity contribution >= 4 is 27.6 Å². The largest absolute Gasteiger partial charge is 0.383 e. The van der Waals surface area contributed by atoms with Crippen molar-refractivity contribution < 1.29 is 27.2 Å². The molecule has 0 unspecified atom stereocenters. The maximum atomic E-state index is 12.8. The van der Waals surface area contributed by atoms with E-state index in [-0.39, 0.29) is 17.7 Å². The van der Waals surface area contributed by atoms with Crippen molar-refractivity contribution in [3.63, 3.8) is 0 Å². The average molecular weight is 348 g/mol. The molecule has 0 saturated heterocycles. The Labute approximate surface area is 116 Å². The minimum Gasteiger partial charge on any atom is -0.350 e. The van der Waals surface area contributed by atoms with E-state index in [0.29, 0.717) is 12.8 Å². The zero-order chi connectivity index (χ0) is 14.7. The predicted molar refractivity (Wildman–Crippen MR) is 63.7 cm³/mol. The molecule has 0 heterocycles. The Morgan fingerprint density at radius 2 is 1.79 bits per heavy atom. The van der Waals surface area contributed by atoms with Crippen LogP contribution in [0.3, 0.4) is 0 Å². The van der Waals surface area contributed by atoms with Crippen LogP contribution in [0.15, 0.2) is 0 Å². The summed E-state index contributed by atoms with van der Waals surface area (Å²) in [6.07, 6.45) is -1.62. The number of carbonyl (C=O) groups excluding carboxylic acids is 2. The number of Topliss-reactive ketones (excluding diaryl/α,β-unsaturated/α-hetero) is 1. The lowest BCUT2D eigenvalue weighted by Gasteiger charge is -2.27. The first-order chi connectivity index (χ1) is 8.76. The van der Waals surface area contributed by atoms with Crippen molar-refractivity contribution in [2.24, 2.45) is 5.41 Å². The van der Waals surface area contributed by atoms with Crippen molar-refractivity contribution in [1.82, 2.24) is 5.32 Å². The van der Waals surface area contributed by atoms with E-state index in [9.17, 15) is 27.2 Å².